The lowest BCUT2D eigenvalue weighted by molar-refractivity contribution is -0.140. The zero-order chi connectivity index (χ0) is 23.4. The summed E-state index contributed by atoms with van der Waals surface area (Å²) in [6, 6.07) is 15.1. The lowest BCUT2D eigenvalue weighted by Gasteiger charge is -2.29. The van der Waals surface area contributed by atoms with Crippen molar-refractivity contribution in [1.29, 1.82) is 0 Å². The van der Waals surface area contributed by atoms with Crippen molar-refractivity contribution in [2.24, 2.45) is 0 Å². The van der Waals surface area contributed by atoms with Crippen molar-refractivity contribution in [2.75, 3.05) is 11.9 Å². The normalized spacial score (nSPS) is 17.0. The Hall–Kier alpha value is -3.12. The zero-order valence-corrected chi connectivity index (χ0v) is 19.5. The Balaban J connectivity index is 1.44. The molecule has 1 saturated carbocycles. The average Bonchev–Trinajstić information content (AvgIpc) is 3.04. The number of benzene rings is 2. The number of nitrogens with one attached hydrogen (secondary N) is 2. The molecule has 0 radical (unpaired) electrons. The van der Waals surface area contributed by atoms with E-state index in [2.05, 4.69) is 10.6 Å². The predicted molar refractivity (Wildman–Crippen MR) is 129 cm³/mol. The lowest BCUT2D eigenvalue weighted by atomic mass is 9.94. The van der Waals surface area contributed by atoms with E-state index in [0.717, 1.165) is 49.7 Å². The van der Waals surface area contributed by atoms with E-state index < -0.39 is 11.8 Å². The summed E-state index contributed by atoms with van der Waals surface area (Å²) < 4.78 is 0. The summed E-state index contributed by atoms with van der Waals surface area (Å²) in [5.41, 5.74) is 3.11. The van der Waals surface area contributed by atoms with Gasteiger partial charge in [-0.25, -0.2) is 0 Å². The van der Waals surface area contributed by atoms with E-state index in [4.69, 9.17) is 11.6 Å². The van der Waals surface area contributed by atoms with Crippen LogP contribution < -0.4 is 10.6 Å². The van der Waals surface area contributed by atoms with Crippen LogP contribution in [0.5, 0.6) is 0 Å². The molecule has 0 atom stereocenters. The molecular formula is C26H28ClN3O3. The van der Waals surface area contributed by atoms with Gasteiger partial charge in [0.2, 0.25) is 0 Å². The molecule has 2 aromatic carbocycles. The van der Waals surface area contributed by atoms with Crippen LogP contribution in [0.2, 0.25) is 0 Å². The molecule has 0 unspecified atom stereocenters. The average molecular weight is 466 g/mol. The van der Waals surface area contributed by atoms with Crippen molar-refractivity contribution in [1.82, 2.24) is 10.2 Å². The number of rotatable bonds is 7. The molecule has 0 aromatic heterocycles. The fourth-order valence-corrected chi connectivity index (χ4v) is 4.62. The molecule has 6 nitrogen and oxygen atoms in total. The van der Waals surface area contributed by atoms with Crippen LogP contribution in [0, 0.1) is 6.92 Å². The summed E-state index contributed by atoms with van der Waals surface area (Å²) in [6.45, 7) is 2.38. The van der Waals surface area contributed by atoms with Crippen LogP contribution >= 0.6 is 11.6 Å². The van der Waals surface area contributed by atoms with Gasteiger partial charge in [0.05, 0.1) is 0 Å². The highest BCUT2D eigenvalue weighted by molar-refractivity contribution is 6.48. The molecule has 3 amide bonds. The SMILES string of the molecule is Cc1ccc(C(=O)NCCc2ccccc2)cc1NC1=C(Cl)C(=O)N(C2CCCCC2)C1=O. The van der Waals surface area contributed by atoms with Crippen LogP contribution in [0.3, 0.4) is 0 Å². The largest absolute Gasteiger partial charge is 0.352 e. The minimum absolute atomic E-state index is 0.0805. The van der Waals surface area contributed by atoms with E-state index in [9.17, 15) is 14.4 Å². The Bertz CT molecular complexity index is 1090. The van der Waals surface area contributed by atoms with Crippen molar-refractivity contribution in [2.45, 2.75) is 51.5 Å². The van der Waals surface area contributed by atoms with Crippen molar-refractivity contribution in [3.05, 3.63) is 76.0 Å². The maximum absolute atomic E-state index is 13.1. The Kier molecular flexibility index (Phi) is 7.14. The van der Waals surface area contributed by atoms with Crippen LogP contribution in [-0.2, 0) is 16.0 Å². The molecule has 2 aliphatic rings. The first-order valence-corrected chi connectivity index (χ1v) is 11.8. The summed E-state index contributed by atoms with van der Waals surface area (Å²) >= 11 is 6.29. The van der Waals surface area contributed by atoms with E-state index in [0.29, 0.717) is 17.8 Å². The highest BCUT2D eigenvalue weighted by Gasteiger charge is 2.42. The Morgan fingerprint density at radius 3 is 2.48 bits per heavy atom. The van der Waals surface area contributed by atoms with Crippen LogP contribution in [0.4, 0.5) is 5.69 Å². The fraction of sp³-hybridized carbons (Fsp3) is 0.346. The first-order valence-electron chi connectivity index (χ1n) is 11.4. The third-order valence-corrected chi connectivity index (χ3v) is 6.65. The van der Waals surface area contributed by atoms with Crippen molar-refractivity contribution in [3.63, 3.8) is 0 Å². The van der Waals surface area contributed by atoms with Crippen LogP contribution in [-0.4, -0.2) is 35.2 Å². The second kappa shape index (κ2) is 10.2. The number of anilines is 1. The summed E-state index contributed by atoms with van der Waals surface area (Å²) in [6.07, 6.45) is 5.49. The Morgan fingerprint density at radius 2 is 1.76 bits per heavy atom. The molecule has 33 heavy (non-hydrogen) atoms. The monoisotopic (exact) mass is 465 g/mol. The van der Waals surface area contributed by atoms with Gasteiger partial charge < -0.3 is 10.6 Å². The molecular weight excluding hydrogens is 438 g/mol. The quantitative estimate of drug-likeness (QED) is 0.589. The van der Waals surface area contributed by atoms with E-state index in [1.54, 1.807) is 12.1 Å². The number of amides is 3. The Morgan fingerprint density at radius 1 is 1.03 bits per heavy atom. The molecule has 2 N–H and O–H groups in total. The van der Waals surface area contributed by atoms with Crippen molar-refractivity contribution < 1.29 is 14.4 Å². The maximum Gasteiger partial charge on any atom is 0.279 e. The molecule has 0 bridgehead atoms. The number of imide groups is 1. The molecule has 1 aliphatic carbocycles. The lowest BCUT2D eigenvalue weighted by Crippen LogP contribution is -2.42. The zero-order valence-electron chi connectivity index (χ0n) is 18.7. The number of hydrogen-bond acceptors (Lipinski definition) is 4. The molecule has 2 aromatic rings. The second-order valence-electron chi connectivity index (χ2n) is 8.61. The van der Waals surface area contributed by atoms with Gasteiger partial charge in [-0.05, 0) is 49.4 Å². The minimum atomic E-state index is -0.441. The summed E-state index contributed by atoms with van der Waals surface area (Å²) in [5, 5.41) is 5.87. The predicted octanol–water partition coefficient (Wildman–Crippen LogP) is 4.53. The van der Waals surface area contributed by atoms with Gasteiger partial charge in [-0.2, -0.15) is 0 Å². The number of aryl methyl sites for hydroxylation is 1. The molecule has 1 aliphatic heterocycles. The van der Waals surface area contributed by atoms with Gasteiger partial charge in [0.25, 0.3) is 17.7 Å². The highest BCUT2D eigenvalue weighted by Crippen LogP contribution is 2.32. The van der Waals surface area contributed by atoms with Gasteiger partial charge in [0.1, 0.15) is 10.7 Å². The van der Waals surface area contributed by atoms with Gasteiger partial charge in [0, 0.05) is 23.8 Å². The summed E-state index contributed by atoms with van der Waals surface area (Å²) in [4.78, 5) is 39.8. The number of hydrogen-bond donors (Lipinski definition) is 2. The summed E-state index contributed by atoms with van der Waals surface area (Å²) in [5.74, 6) is -1.04. The molecule has 7 heteroatoms. The maximum atomic E-state index is 13.1. The molecule has 172 valence electrons. The number of halogens is 1. The third-order valence-electron chi connectivity index (χ3n) is 6.30. The Labute approximate surface area is 199 Å². The van der Waals surface area contributed by atoms with Crippen LogP contribution in [0.25, 0.3) is 0 Å². The minimum Gasteiger partial charge on any atom is -0.352 e. The summed E-state index contributed by atoms with van der Waals surface area (Å²) in [7, 11) is 0. The van der Waals surface area contributed by atoms with E-state index in [1.807, 2.05) is 43.3 Å². The number of nitrogens with zero attached hydrogens (tertiary/aromatic N) is 1. The standard InChI is InChI=1S/C26H28ClN3O3/c1-17-12-13-19(24(31)28-15-14-18-8-4-2-5-9-18)16-21(17)29-23-22(27)25(32)30(26(23)33)20-10-6-3-7-11-20/h2,4-5,8-9,12-13,16,20,29H,3,6-7,10-11,14-15H2,1H3,(H,28,31). The first-order chi connectivity index (χ1) is 16.0. The van der Waals surface area contributed by atoms with Crippen molar-refractivity contribution in [3.8, 4) is 0 Å². The van der Waals surface area contributed by atoms with Crippen molar-refractivity contribution >= 4 is 35.0 Å². The van der Waals surface area contributed by atoms with E-state index in [-0.39, 0.29) is 22.7 Å². The second-order valence-corrected chi connectivity index (χ2v) is 8.99. The molecule has 1 fully saturated rings. The third kappa shape index (κ3) is 5.11. The smallest absolute Gasteiger partial charge is 0.279 e. The van der Waals surface area contributed by atoms with Gasteiger partial charge in [-0.3, -0.25) is 19.3 Å². The number of carbonyl (C=O) groups excluding carboxylic acids is 3. The molecule has 1 heterocycles. The van der Waals surface area contributed by atoms with Gasteiger partial charge in [-0.1, -0.05) is 67.3 Å². The fourth-order valence-electron chi connectivity index (χ4n) is 4.40. The van der Waals surface area contributed by atoms with Crippen LogP contribution in [0.1, 0.15) is 53.6 Å². The van der Waals surface area contributed by atoms with E-state index in [1.165, 1.54) is 4.90 Å². The molecule has 0 spiro atoms. The number of carbonyl (C=O) groups is 3. The van der Waals surface area contributed by atoms with Gasteiger partial charge >= 0.3 is 0 Å². The molecule has 4 rings (SSSR count). The van der Waals surface area contributed by atoms with Gasteiger partial charge in [0.15, 0.2) is 0 Å². The van der Waals surface area contributed by atoms with Crippen LogP contribution in [0.15, 0.2) is 59.3 Å². The van der Waals surface area contributed by atoms with Gasteiger partial charge in [-0.15, -0.1) is 0 Å². The molecule has 0 saturated heterocycles. The highest BCUT2D eigenvalue weighted by atomic mass is 35.5. The van der Waals surface area contributed by atoms with E-state index >= 15 is 0 Å². The first kappa shape index (κ1) is 23.1. The topological polar surface area (TPSA) is 78.5 Å².